The van der Waals surface area contributed by atoms with Gasteiger partial charge in [-0.05, 0) is 54.8 Å². The molecule has 1 heterocycles. The fraction of sp³-hybridized carbons (Fsp3) is 0.318. The molecule has 1 aliphatic heterocycles. The van der Waals surface area contributed by atoms with Gasteiger partial charge in [-0.25, -0.2) is 12.8 Å². The molecule has 0 unspecified atom stereocenters. The fourth-order valence-electron chi connectivity index (χ4n) is 3.23. The zero-order valence-electron chi connectivity index (χ0n) is 16.9. The number of hydrogen-bond donors (Lipinski definition) is 0. The van der Waals surface area contributed by atoms with E-state index in [2.05, 4.69) is 0 Å². The smallest absolute Gasteiger partial charge is 0.370 e. The van der Waals surface area contributed by atoms with Gasteiger partial charge in [0.05, 0.1) is 16.6 Å². The highest BCUT2D eigenvalue weighted by atomic mass is 32.2. The Morgan fingerprint density at radius 2 is 1.75 bits per heavy atom. The average molecular weight is 471 g/mol. The summed E-state index contributed by atoms with van der Waals surface area (Å²) in [6.07, 6.45) is -1.49. The summed E-state index contributed by atoms with van der Waals surface area (Å²) in [6.45, 7) is -0.0472. The standard InChI is InChI=1S/C22H21F4NO4S/c23-18-7-4-16(5-8-18)6-9-19(28)15-31-20-10-12-27(13-11-20)32(29,30)21-3-1-2-17(14-21)22(24,25)26/h1-9,14,20H,10-13,15H2/b9-6+. The first-order chi connectivity index (χ1) is 15.1. The van der Waals surface area contributed by atoms with Crippen LogP contribution in [0.5, 0.6) is 0 Å². The van der Waals surface area contributed by atoms with Crippen LogP contribution in [0.1, 0.15) is 24.0 Å². The van der Waals surface area contributed by atoms with Crippen molar-refractivity contribution in [3.63, 3.8) is 0 Å². The van der Waals surface area contributed by atoms with E-state index in [9.17, 15) is 30.8 Å². The van der Waals surface area contributed by atoms with Gasteiger partial charge < -0.3 is 4.74 Å². The third kappa shape index (κ3) is 6.24. The van der Waals surface area contributed by atoms with E-state index in [0.29, 0.717) is 24.5 Å². The molecule has 2 aromatic rings. The molecule has 0 N–H and O–H groups in total. The minimum absolute atomic E-state index is 0.0723. The van der Waals surface area contributed by atoms with Crippen LogP contribution in [0.15, 0.2) is 59.5 Å². The van der Waals surface area contributed by atoms with Gasteiger partial charge in [-0.2, -0.15) is 17.5 Å². The molecular formula is C22H21F4NO4S. The van der Waals surface area contributed by atoms with Crippen LogP contribution in [0.25, 0.3) is 6.08 Å². The Morgan fingerprint density at radius 3 is 2.38 bits per heavy atom. The van der Waals surface area contributed by atoms with Gasteiger partial charge in [-0.15, -0.1) is 0 Å². The molecule has 0 atom stereocenters. The average Bonchev–Trinajstić information content (AvgIpc) is 2.77. The third-order valence-corrected chi connectivity index (χ3v) is 6.89. The Balaban J connectivity index is 1.51. The number of hydrogen-bond acceptors (Lipinski definition) is 4. The van der Waals surface area contributed by atoms with E-state index in [-0.39, 0.29) is 37.4 Å². The number of rotatable bonds is 7. The molecular weight excluding hydrogens is 450 g/mol. The van der Waals surface area contributed by atoms with Crippen molar-refractivity contribution in [1.82, 2.24) is 4.31 Å². The zero-order chi connectivity index (χ0) is 23.4. The van der Waals surface area contributed by atoms with Crippen molar-refractivity contribution >= 4 is 21.9 Å². The highest BCUT2D eigenvalue weighted by molar-refractivity contribution is 7.89. The van der Waals surface area contributed by atoms with Crippen molar-refractivity contribution in [2.75, 3.05) is 19.7 Å². The molecule has 1 saturated heterocycles. The quantitative estimate of drug-likeness (QED) is 0.446. The van der Waals surface area contributed by atoms with Crippen LogP contribution < -0.4 is 0 Å². The van der Waals surface area contributed by atoms with Crippen LogP contribution in [0.2, 0.25) is 0 Å². The van der Waals surface area contributed by atoms with Crippen LogP contribution >= 0.6 is 0 Å². The lowest BCUT2D eigenvalue weighted by molar-refractivity contribution is -0.137. The summed E-state index contributed by atoms with van der Waals surface area (Å²) < 4.78 is 83.7. The number of halogens is 4. The monoisotopic (exact) mass is 471 g/mol. The van der Waals surface area contributed by atoms with E-state index in [4.69, 9.17) is 4.74 Å². The number of ketones is 1. The molecule has 32 heavy (non-hydrogen) atoms. The van der Waals surface area contributed by atoms with Gasteiger partial charge in [0.1, 0.15) is 12.4 Å². The number of benzene rings is 2. The van der Waals surface area contributed by atoms with Crippen molar-refractivity contribution in [1.29, 1.82) is 0 Å². The number of ether oxygens (including phenoxy) is 1. The van der Waals surface area contributed by atoms with Crippen molar-refractivity contribution in [3.05, 3.63) is 71.6 Å². The molecule has 1 fully saturated rings. The topological polar surface area (TPSA) is 63.7 Å². The van der Waals surface area contributed by atoms with Gasteiger partial charge in [0, 0.05) is 13.1 Å². The molecule has 2 aromatic carbocycles. The minimum Gasteiger partial charge on any atom is -0.370 e. The van der Waals surface area contributed by atoms with E-state index in [1.54, 1.807) is 0 Å². The first kappa shape index (κ1) is 24.1. The zero-order valence-corrected chi connectivity index (χ0v) is 17.7. The summed E-state index contributed by atoms with van der Waals surface area (Å²) in [5.74, 6) is -0.674. The van der Waals surface area contributed by atoms with Crippen LogP contribution in [0, 0.1) is 5.82 Å². The molecule has 0 aromatic heterocycles. The lowest BCUT2D eigenvalue weighted by Gasteiger charge is -2.31. The summed E-state index contributed by atoms with van der Waals surface area (Å²) in [4.78, 5) is 11.6. The Labute approximate surface area is 183 Å². The van der Waals surface area contributed by atoms with Crippen LogP contribution in [-0.2, 0) is 25.7 Å². The van der Waals surface area contributed by atoms with E-state index >= 15 is 0 Å². The molecule has 0 saturated carbocycles. The minimum atomic E-state index is -4.63. The van der Waals surface area contributed by atoms with Crippen molar-refractivity contribution in [3.8, 4) is 0 Å². The maximum atomic E-state index is 12.9. The third-order valence-electron chi connectivity index (χ3n) is 4.99. The lowest BCUT2D eigenvalue weighted by atomic mass is 10.1. The van der Waals surface area contributed by atoms with Crippen molar-refractivity contribution in [2.24, 2.45) is 0 Å². The van der Waals surface area contributed by atoms with E-state index in [0.717, 1.165) is 22.5 Å². The molecule has 0 radical (unpaired) electrons. The normalized spacial score (nSPS) is 16.5. The van der Waals surface area contributed by atoms with E-state index < -0.39 is 26.7 Å². The van der Waals surface area contributed by atoms with Crippen LogP contribution in [-0.4, -0.2) is 44.3 Å². The molecule has 3 rings (SSSR count). The molecule has 0 spiro atoms. The number of carbonyl (C=O) groups excluding carboxylic acids is 1. The van der Waals surface area contributed by atoms with Gasteiger partial charge in [0.15, 0.2) is 5.78 Å². The van der Waals surface area contributed by atoms with E-state index in [1.807, 2.05) is 0 Å². The predicted octanol–water partition coefficient (Wildman–Crippen LogP) is 4.30. The van der Waals surface area contributed by atoms with Gasteiger partial charge in [0.2, 0.25) is 10.0 Å². The summed E-state index contributed by atoms with van der Waals surface area (Å²) in [6, 6.07) is 9.27. The van der Waals surface area contributed by atoms with Gasteiger partial charge in [0.25, 0.3) is 0 Å². The molecule has 1 aliphatic rings. The highest BCUT2D eigenvalue weighted by Crippen LogP contribution is 2.31. The molecule has 172 valence electrons. The summed E-state index contributed by atoms with van der Waals surface area (Å²) >= 11 is 0. The second-order valence-corrected chi connectivity index (χ2v) is 9.23. The number of alkyl halides is 3. The summed E-state index contributed by atoms with van der Waals surface area (Å²) in [7, 11) is -4.07. The number of sulfonamides is 1. The summed E-state index contributed by atoms with van der Waals surface area (Å²) in [5.41, 5.74) is -0.364. The molecule has 10 heteroatoms. The molecule has 0 aliphatic carbocycles. The van der Waals surface area contributed by atoms with Gasteiger partial charge in [-0.1, -0.05) is 24.3 Å². The Morgan fingerprint density at radius 1 is 1.09 bits per heavy atom. The van der Waals surface area contributed by atoms with Gasteiger partial charge >= 0.3 is 6.18 Å². The Kier molecular flexibility index (Phi) is 7.47. The van der Waals surface area contributed by atoms with Gasteiger partial charge in [-0.3, -0.25) is 4.79 Å². The molecule has 0 bridgehead atoms. The first-order valence-electron chi connectivity index (χ1n) is 9.81. The van der Waals surface area contributed by atoms with Crippen LogP contribution in [0.3, 0.4) is 0 Å². The molecule has 5 nitrogen and oxygen atoms in total. The highest BCUT2D eigenvalue weighted by Gasteiger charge is 2.34. The van der Waals surface area contributed by atoms with Crippen molar-refractivity contribution in [2.45, 2.75) is 30.0 Å². The second kappa shape index (κ2) is 9.93. The Hall–Kier alpha value is -2.56. The van der Waals surface area contributed by atoms with Crippen molar-refractivity contribution < 1.29 is 35.5 Å². The second-order valence-electron chi connectivity index (χ2n) is 7.29. The predicted molar refractivity (Wildman–Crippen MR) is 110 cm³/mol. The van der Waals surface area contributed by atoms with E-state index in [1.165, 1.54) is 36.4 Å². The first-order valence-corrected chi connectivity index (χ1v) is 11.3. The van der Waals surface area contributed by atoms with Crippen LogP contribution in [0.4, 0.5) is 17.6 Å². The number of carbonyl (C=O) groups is 1. The molecule has 0 amide bonds. The fourth-order valence-corrected chi connectivity index (χ4v) is 4.75. The largest absolute Gasteiger partial charge is 0.416 e. The SMILES string of the molecule is O=C(/C=C/c1ccc(F)cc1)COC1CCN(S(=O)(=O)c2cccc(C(F)(F)F)c2)CC1. The lowest BCUT2D eigenvalue weighted by Crippen LogP contribution is -2.41. The number of nitrogens with zero attached hydrogens (tertiary/aromatic N) is 1. The Bertz CT molecular complexity index is 1070. The maximum Gasteiger partial charge on any atom is 0.416 e. The number of piperidine rings is 1. The summed E-state index contributed by atoms with van der Waals surface area (Å²) in [5, 5.41) is 0. The maximum absolute atomic E-state index is 12.9.